The highest BCUT2D eigenvalue weighted by molar-refractivity contribution is 6.03. The van der Waals surface area contributed by atoms with Crippen LogP contribution in [0.15, 0.2) is 60.9 Å². The van der Waals surface area contributed by atoms with Crippen LogP contribution >= 0.6 is 0 Å². The Morgan fingerprint density at radius 1 is 1.22 bits per heavy atom. The third-order valence-electron chi connectivity index (χ3n) is 5.98. The van der Waals surface area contributed by atoms with E-state index in [9.17, 15) is 14.3 Å². The maximum Gasteiger partial charge on any atom is 0.274 e. The van der Waals surface area contributed by atoms with Gasteiger partial charge in [-0.25, -0.2) is 9.37 Å². The van der Waals surface area contributed by atoms with Crippen molar-refractivity contribution < 1.29 is 19.0 Å². The molecule has 6 nitrogen and oxygen atoms in total. The van der Waals surface area contributed by atoms with Gasteiger partial charge in [-0.3, -0.25) is 9.78 Å². The Hall–Kier alpha value is -3.16. The highest BCUT2D eigenvalue weighted by Crippen LogP contribution is 2.38. The second-order valence-electron chi connectivity index (χ2n) is 8.01. The van der Waals surface area contributed by atoms with Crippen LogP contribution in [0.3, 0.4) is 0 Å². The van der Waals surface area contributed by atoms with Crippen molar-refractivity contribution in [1.82, 2.24) is 9.97 Å². The van der Waals surface area contributed by atoms with Crippen LogP contribution < -0.4 is 5.32 Å². The van der Waals surface area contributed by atoms with Crippen LogP contribution in [-0.2, 0) is 4.74 Å². The number of rotatable bonds is 5. The molecule has 0 spiro atoms. The van der Waals surface area contributed by atoms with E-state index in [0.717, 1.165) is 12.0 Å². The average Bonchev–Trinajstić information content (AvgIpc) is 2.79. The van der Waals surface area contributed by atoms with Crippen molar-refractivity contribution in [2.45, 2.75) is 45.0 Å². The lowest BCUT2D eigenvalue weighted by Crippen LogP contribution is -2.39. The maximum atomic E-state index is 14.1. The third kappa shape index (κ3) is 4.54. The topological polar surface area (TPSA) is 84.3 Å². The van der Waals surface area contributed by atoms with Crippen molar-refractivity contribution in [3.05, 3.63) is 78.0 Å². The number of benzene rings is 1. The Bertz CT molecular complexity index is 1100. The number of nitrogens with one attached hydrogen (secondary N) is 1. The number of carbonyl (C=O) groups is 1. The molecule has 0 radical (unpaired) electrons. The van der Waals surface area contributed by atoms with Gasteiger partial charge < -0.3 is 15.2 Å². The second kappa shape index (κ2) is 9.54. The first-order valence-corrected chi connectivity index (χ1v) is 10.8. The summed E-state index contributed by atoms with van der Waals surface area (Å²) in [7, 11) is 0. The molecule has 4 rings (SSSR count). The molecule has 166 valence electrons. The number of aromatic nitrogens is 2. The third-order valence-corrected chi connectivity index (χ3v) is 5.98. The zero-order valence-corrected chi connectivity index (χ0v) is 18.0. The number of aliphatic hydroxyl groups excluding tert-OH is 1. The first kappa shape index (κ1) is 22.0. The van der Waals surface area contributed by atoms with Crippen molar-refractivity contribution in [3.63, 3.8) is 0 Å². The number of amides is 1. The van der Waals surface area contributed by atoms with Crippen molar-refractivity contribution in [2.24, 2.45) is 5.92 Å². The van der Waals surface area contributed by atoms with Gasteiger partial charge >= 0.3 is 0 Å². The summed E-state index contributed by atoms with van der Waals surface area (Å²) in [5.74, 6) is -0.760. The van der Waals surface area contributed by atoms with E-state index in [0.29, 0.717) is 23.4 Å². The fourth-order valence-corrected chi connectivity index (χ4v) is 4.28. The van der Waals surface area contributed by atoms with E-state index in [2.05, 4.69) is 15.3 Å². The van der Waals surface area contributed by atoms with E-state index >= 15 is 0 Å². The summed E-state index contributed by atoms with van der Waals surface area (Å²) in [5, 5.41) is 13.4. The van der Waals surface area contributed by atoms with Gasteiger partial charge in [0.1, 0.15) is 11.5 Å². The molecule has 3 aromatic rings. The molecule has 1 amide bonds. The summed E-state index contributed by atoms with van der Waals surface area (Å²) < 4.78 is 20.3. The Kier molecular flexibility index (Phi) is 6.58. The smallest absolute Gasteiger partial charge is 0.274 e. The zero-order valence-electron chi connectivity index (χ0n) is 18.0. The lowest BCUT2D eigenvalue weighted by molar-refractivity contribution is -0.131. The van der Waals surface area contributed by atoms with Gasteiger partial charge in [0.25, 0.3) is 5.91 Å². The maximum absolute atomic E-state index is 14.1. The van der Waals surface area contributed by atoms with Crippen LogP contribution in [0.1, 0.15) is 48.8 Å². The molecule has 1 fully saturated rings. The Labute approximate surface area is 186 Å². The molecule has 1 aliphatic rings. The van der Waals surface area contributed by atoms with E-state index < -0.39 is 17.8 Å². The van der Waals surface area contributed by atoms with Gasteiger partial charge in [-0.15, -0.1) is 0 Å². The minimum Gasteiger partial charge on any atom is -0.393 e. The highest BCUT2D eigenvalue weighted by atomic mass is 19.1. The molecule has 2 N–H and O–H groups in total. The first-order valence-electron chi connectivity index (χ1n) is 10.8. The molecule has 1 saturated heterocycles. The van der Waals surface area contributed by atoms with Gasteiger partial charge in [0.2, 0.25) is 0 Å². The van der Waals surface area contributed by atoms with Gasteiger partial charge in [0.15, 0.2) is 0 Å². The van der Waals surface area contributed by atoms with Crippen molar-refractivity contribution in [1.29, 1.82) is 0 Å². The number of pyridine rings is 2. The lowest BCUT2D eigenvalue weighted by atomic mass is 9.85. The molecule has 1 aliphatic heterocycles. The normalized spacial score (nSPS) is 23.0. The Morgan fingerprint density at radius 3 is 2.78 bits per heavy atom. The van der Waals surface area contributed by atoms with E-state index in [1.807, 2.05) is 13.8 Å². The molecule has 7 heteroatoms. The molecule has 1 aromatic carbocycles. The number of hydrogen-bond acceptors (Lipinski definition) is 5. The second-order valence-corrected chi connectivity index (χ2v) is 8.01. The van der Waals surface area contributed by atoms with Gasteiger partial charge in [0, 0.05) is 29.7 Å². The molecule has 0 aliphatic carbocycles. The minimum absolute atomic E-state index is 0.0800. The van der Waals surface area contributed by atoms with E-state index in [4.69, 9.17) is 4.74 Å². The van der Waals surface area contributed by atoms with Crippen LogP contribution in [0, 0.1) is 11.7 Å². The predicted molar refractivity (Wildman–Crippen MR) is 120 cm³/mol. The summed E-state index contributed by atoms with van der Waals surface area (Å²) in [4.78, 5) is 21.4. The van der Waals surface area contributed by atoms with E-state index in [-0.39, 0.29) is 23.8 Å². The number of hydrogen-bond donors (Lipinski definition) is 2. The predicted octanol–water partition coefficient (Wildman–Crippen LogP) is 4.77. The summed E-state index contributed by atoms with van der Waals surface area (Å²) in [5.41, 5.74) is 2.10. The van der Waals surface area contributed by atoms with Gasteiger partial charge in [-0.1, -0.05) is 25.1 Å². The summed E-state index contributed by atoms with van der Waals surface area (Å²) in [6, 6.07) is 13.0. The Balaban J connectivity index is 1.57. The standard InChI is InChI=1S/C25H26FN3O3/c1-3-16-15(2)32-24(13-23(16)30)18-11-12-27-14-22(18)29-25(31)21-10-6-9-20(28-21)17-7-4-5-8-19(17)26/h4-12,14-16,23-24,30H,3,13H2,1-2H3,(H,29,31). The fraction of sp³-hybridized carbons (Fsp3) is 0.320. The van der Waals surface area contributed by atoms with Crippen LogP contribution in [0.25, 0.3) is 11.3 Å². The quantitative estimate of drug-likeness (QED) is 0.603. The lowest BCUT2D eigenvalue weighted by Gasteiger charge is -2.38. The number of ether oxygens (including phenoxy) is 1. The van der Waals surface area contributed by atoms with Crippen LogP contribution in [-0.4, -0.2) is 33.2 Å². The molecule has 4 atom stereocenters. The summed E-state index contributed by atoms with van der Waals surface area (Å²) >= 11 is 0. The average molecular weight is 435 g/mol. The van der Waals surface area contributed by atoms with Crippen molar-refractivity contribution >= 4 is 11.6 Å². The Morgan fingerprint density at radius 2 is 2.03 bits per heavy atom. The number of halogens is 1. The van der Waals surface area contributed by atoms with Gasteiger partial charge in [-0.2, -0.15) is 0 Å². The number of anilines is 1. The molecular formula is C25H26FN3O3. The van der Waals surface area contributed by atoms with Crippen molar-refractivity contribution in [3.8, 4) is 11.3 Å². The van der Waals surface area contributed by atoms with Crippen LogP contribution in [0.4, 0.5) is 10.1 Å². The van der Waals surface area contributed by atoms with Crippen LogP contribution in [0.5, 0.6) is 0 Å². The molecular weight excluding hydrogens is 409 g/mol. The molecule has 0 saturated carbocycles. The molecule has 32 heavy (non-hydrogen) atoms. The minimum atomic E-state index is -0.482. The van der Waals surface area contributed by atoms with Gasteiger partial charge in [0.05, 0.1) is 35.9 Å². The molecule has 3 heterocycles. The van der Waals surface area contributed by atoms with E-state index in [1.54, 1.807) is 54.9 Å². The van der Waals surface area contributed by atoms with Crippen molar-refractivity contribution in [2.75, 3.05) is 5.32 Å². The van der Waals surface area contributed by atoms with Crippen LogP contribution in [0.2, 0.25) is 0 Å². The molecule has 2 aromatic heterocycles. The largest absolute Gasteiger partial charge is 0.393 e. The fourth-order valence-electron chi connectivity index (χ4n) is 4.28. The van der Waals surface area contributed by atoms with E-state index in [1.165, 1.54) is 6.07 Å². The number of carbonyl (C=O) groups excluding carboxylic acids is 1. The number of nitrogens with zero attached hydrogens (tertiary/aromatic N) is 2. The zero-order chi connectivity index (χ0) is 22.7. The first-order chi connectivity index (χ1) is 15.5. The summed E-state index contributed by atoms with van der Waals surface area (Å²) in [6.45, 7) is 4.00. The SMILES string of the molecule is CCC1C(O)CC(c2ccncc2NC(=O)c2cccc(-c3ccccc3F)n2)OC1C. The highest BCUT2D eigenvalue weighted by Gasteiger charge is 2.35. The molecule has 4 unspecified atom stereocenters. The van der Waals surface area contributed by atoms with Gasteiger partial charge in [-0.05, 0) is 43.7 Å². The monoisotopic (exact) mass is 435 g/mol. The number of aliphatic hydroxyl groups is 1. The molecule has 0 bridgehead atoms. The summed E-state index contributed by atoms with van der Waals surface area (Å²) in [6.07, 6.45) is 3.51.